The number of ether oxygens (including phenoxy) is 1. The molecule has 0 aliphatic rings. The van der Waals surface area contributed by atoms with Gasteiger partial charge in [-0.2, -0.15) is 0 Å². The predicted octanol–water partition coefficient (Wildman–Crippen LogP) is 3.02. The SMILES string of the molecule is Cc1ccc(C(C)(O)CNC(=O)C(C)CCOc2ccccc2)o1. The van der Waals surface area contributed by atoms with Crippen molar-refractivity contribution >= 4 is 5.91 Å². The highest BCUT2D eigenvalue weighted by Crippen LogP contribution is 2.22. The Labute approximate surface area is 142 Å². The van der Waals surface area contributed by atoms with Crippen LogP contribution in [0.4, 0.5) is 0 Å². The van der Waals surface area contributed by atoms with E-state index in [4.69, 9.17) is 9.15 Å². The molecule has 5 heteroatoms. The smallest absolute Gasteiger partial charge is 0.223 e. The molecule has 2 atom stereocenters. The van der Waals surface area contributed by atoms with Crippen LogP contribution in [0.1, 0.15) is 31.8 Å². The summed E-state index contributed by atoms with van der Waals surface area (Å²) in [6, 6.07) is 13.0. The van der Waals surface area contributed by atoms with Crippen molar-refractivity contribution in [3.63, 3.8) is 0 Å². The Morgan fingerprint density at radius 2 is 2.00 bits per heavy atom. The van der Waals surface area contributed by atoms with E-state index in [0.29, 0.717) is 18.8 Å². The standard InChI is InChI=1S/C19H25NO4/c1-14(11-12-23-16-7-5-4-6-8-16)18(21)20-13-19(3,22)17-10-9-15(2)24-17/h4-10,14,22H,11-13H2,1-3H3,(H,20,21). The van der Waals surface area contributed by atoms with Gasteiger partial charge in [0.05, 0.1) is 13.2 Å². The van der Waals surface area contributed by atoms with Gasteiger partial charge >= 0.3 is 0 Å². The van der Waals surface area contributed by atoms with Crippen LogP contribution in [-0.4, -0.2) is 24.2 Å². The van der Waals surface area contributed by atoms with Gasteiger partial charge in [0.2, 0.25) is 5.91 Å². The minimum Gasteiger partial charge on any atom is -0.494 e. The summed E-state index contributed by atoms with van der Waals surface area (Å²) < 4.78 is 11.0. The van der Waals surface area contributed by atoms with Crippen molar-refractivity contribution in [3.8, 4) is 5.75 Å². The molecule has 1 aromatic carbocycles. The molecule has 2 rings (SSSR count). The van der Waals surface area contributed by atoms with Crippen molar-refractivity contribution in [1.29, 1.82) is 0 Å². The lowest BCUT2D eigenvalue weighted by Crippen LogP contribution is -2.40. The maximum atomic E-state index is 12.2. The average Bonchev–Trinajstić information content (AvgIpc) is 3.01. The number of carbonyl (C=O) groups excluding carboxylic acids is 1. The molecule has 24 heavy (non-hydrogen) atoms. The van der Waals surface area contributed by atoms with E-state index in [1.54, 1.807) is 19.1 Å². The van der Waals surface area contributed by atoms with Crippen molar-refractivity contribution in [2.75, 3.05) is 13.2 Å². The summed E-state index contributed by atoms with van der Waals surface area (Å²) in [6.07, 6.45) is 0.600. The minimum absolute atomic E-state index is 0.0999. The first kappa shape index (κ1) is 18.1. The second kappa shape index (κ2) is 8.02. The lowest BCUT2D eigenvalue weighted by atomic mass is 10.0. The average molecular weight is 331 g/mol. The van der Waals surface area contributed by atoms with E-state index in [1.165, 1.54) is 0 Å². The molecule has 2 unspecified atom stereocenters. The molecular weight excluding hydrogens is 306 g/mol. The fourth-order valence-electron chi connectivity index (χ4n) is 2.25. The normalized spacial score (nSPS) is 14.7. The maximum Gasteiger partial charge on any atom is 0.223 e. The first-order valence-electron chi connectivity index (χ1n) is 8.13. The first-order valence-corrected chi connectivity index (χ1v) is 8.13. The molecule has 0 fully saturated rings. The quantitative estimate of drug-likeness (QED) is 0.780. The van der Waals surface area contributed by atoms with E-state index in [0.717, 1.165) is 11.5 Å². The Balaban J connectivity index is 1.75. The summed E-state index contributed by atoms with van der Waals surface area (Å²) in [6.45, 7) is 5.84. The number of aryl methyl sites for hydroxylation is 1. The number of aliphatic hydroxyl groups is 1. The van der Waals surface area contributed by atoms with Crippen LogP contribution in [0.5, 0.6) is 5.75 Å². The van der Waals surface area contributed by atoms with Crippen LogP contribution in [0.3, 0.4) is 0 Å². The van der Waals surface area contributed by atoms with Crippen molar-refractivity contribution in [2.45, 2.75) is 32.8 Å². The Morgan fingerprint density at radius 3 is 2.62 bits per heavy atom. The largest absolute Gasteiger partial charge is 0.494 e. The molecule has 0 saturated carbocycles. The van der Waals surface area contributed by atoms with E-state index in [2.05, 4.69) is 5.32 Å². The Bertz CT molecular complexity index is 648. The maximum absolute atomic E-state index is 12.2. The van der Waals surface area contributed by atoms with E-state index < -0.39 is 5.60 Å². The number of hydrogen-bond donors (Lipinski definition) is 2. The summed E-state index contributed by atoms with van der Waals surface area (Å²) in [5, 5.41) is 13.2. The van der Waals surface area contributed by atoms with Crippen LogP contribution in [0.2, 0.25) is 0 Å². The zero-order valence-corrected chi connectivity index (χ0v) is 14.4. The molecule has 5 nitrogen and oxygen atoms in total. The van der Waals surface area contributed by atoms with E-state index in [9.17, 15) is 9.90 Å². The van der Waals surface area contributed by atoms with Crippen molar-refractivity contribution in [2.24, 2.45) is 5.92 Å². The van der Waals surface area contributed by atoms with Crippen LogP contribution in [-0.2, 0) is 10.4 Å². The molecule has 2 N–H and O–H groups in total. The molecule has 0 aliphatic heterocycles. The molecule has 0 radical (unpaired) electrons. The summed E-state index contributed by atoms with van der Waals surface area (Å²) in [7, 11) is 0. The third-order valence-corrected chi connectivity index (χ3v) is 3.89. The van der Waals surface area contributed by atoms with Crippen LogP contribution in [0, 0.1) is 12.8 Å². The predicted molar refractivity (Wildman–Crippen MR) is 91.7 cm³/mol. The second-order valence-electron chi connectivity index (χ2n) is 6.25. The molecule has 130 valence electrons. The van der Waals surface area contributed by atoms with Gasteiger partial charge in [-0.15, -0.1) is 0 Å². The van der Waals surface area contributed by atoms with E-state index >= 15 is 0 Å². The fourth-order valence-corrected chi connectivity index (χ4v) is 2.25. The van der Waals surface area contributed by atoms with Gasteiger partial charge in [-0.05, 0) is 44.5 Å². The molecular formula is C19H25NO4. The first-order chi connectivity index (χ1) is 11.4. The zero-order chi connectivity index (χ0) is 17.6. The van der Waals surface area contributed by atoms with Crippen LogP contribution in [0.25, 0.3) is 0 Å². The number of benzene rings is 1. The number of nitrogens with one attached hydrogen (secondary N) is 1. The molecule has 0 bridgehead atoms. The molecule has 0 saturated heterocycles. The minimum atomic E-state index is -1.23. The van der Waals surface area contributed by atoms with Gasteiger partial charge in [-0.1, -0.05) is 25.1 Å². The van der Waals surface area contributed by atoms with Crippen molar-refractivity contribution in [1.82, 2.24) is 5.32 Å². The van der Waals surface area contributed by atoms with Gasteiger partial charge in [0, 0.05) is 5.92 Å². The fraction of sp³-hybridized carbons (Fsp3) is 0.421. The van der Waals surface area contributed by atoms with Crippen molar-refractivity contribution in [3.05, 3.63) is 54.0 Å². The number of para-hydroxylation sites is 1. The molecule has 0 spiro atoms. The van der Waals surface area contributed by atoms with Gasteiger partial charge in [-0.25, -0.2) is 0 Å². The van der Waals surface area contributed by atoms with Gasteiger partial charge in [-0.3, -0.25) is 4.79 Å². The molecule has 0 aliphatic carbocycles. The van der Waals surface area contributed by atoms with Gasteiger partial charge in [0.1, 0.15) is 22.9 Å². The summed E-state index contributed by atoms with van der Waals surface area (Å²) >= 11 is 0. The van der Waals surface area contributed by atoms with Gasteiger partial charge in [0.25, 0.3) is 0 Å². The number of hydrogen-bond acceptors (Lipinski definition) is 4. The molecule has 1 amide bonds. The third kappa shape index (κ3) is 5.13. The number of rotatable bonds is 8. The van der Waals surface area contributed by atoms with E-state index in [1.807, 2.05) is 44.2 Å². The molecule has 2 aromatic rings. The molecule has 1 heterocycles. The van der Waals surface area contributed by atoms with Crippen molar-refractivity contribution < 1.29 is 19.1 Å². The van der Waals surface area contributed by atoms with Crippen LogP contribution < -0.4 is 10.1 Å². The van der Waals surface area contributed by atoms with Crippen LogP contribution >= 0.6 is 0 Å². The molecule has 1 aromatic heterocycles. The number of amides is 1. The highest BCUT2D eigenvalue weighted by molar-refractivity contribution is 5.78. The Hall–Kier alpha value is -2.27. The Kier molecular flexibility index (Phi) is 6.04. The lowest BCUT2D eigenvalue weighted by molar-refractivity contribution is -0.126. The third-order valence-electron chi connectivity index (χ3n) is 3.89. The number of furan rings is 1. The van der Waals surface area contributed by atoms with Gasteiger partial charge < -0.3 is 19.6 Å². The summed E-state index contributed by atoms with van der Waals surface area (Å²) in [5.74, 6) is 1.64. The monoisotopic (exact) mass is 331 g/mol. The summed E-state index contributed by atoms with van der Waals surface area (Å²) in [5.41, 5.74) is -1.23. The van der Waals surface area contributed by atoms with E-state index in [-0.39, 0.29) is 18.4 Å². The highest BCUT2D eigenvalue weighted by Gasteiger charge is 2.28. The summed E-state index contributed by atoms with van der Waals surface area (Å²) in [4.78, 5) is 12.2. The Morgan fingerprint density at radius 1 is 1.29 bits per heavy atom. The zero-order valence-electron chi connectivity index (χ0n) is 14.4. The van der Waals surface area contributed by atoms with Gasteiger partial charge in [0.15, 0.2) is 0 Å². The number of carbonyl (C=O) groups is 1. The highest BCUT2D eigenvalue weighted by atomic mass is 16.5. The lowest BCUT2D eigenvalue weighted by Gasteiger charge is -2.22. The second-order valence-corrected chi connectivity index (χ2v) is 6.25. The van der Waals surface area contributed by atoms with Crippen LogP contribution in [0.15, 0.2) is 46.9 Å². The topological polar surface area (TPSA) is 71.7 Å².